The third-order valence-corrected chi connectivity index (χ3v) is 3.58. The van der Waals surface area contributed by atoms with Crippen LogP contribution in [0, 0.1) is 0 Å². The van der Waals surface area contributed by atoms with Crippen LogP contribution in [0.1, 0.15) is 17.3 Å². The molecule has 3 rings (SSSR count). The lowest BCUT2D eigenvalue weighted by molar-refractivity contribution is -0.123. The van der Waals surface area contributed by atoms with Crippen LogP contribution < -0.4 is 5.32 Å². The first kappa shape index (κ1) is 16.0. The Bertz CT molecular complexity index is 889. The van der Waals surface area contributed by atoms with Gasteiger partial charge < -0.3 is 14.5 Å². The first-order valence-electron chi connectivity index (χ1n) is 7.13. The number of fused-ring (bicyclic) bond motifs is 1. The molecule has 1 N–H and O–H groups in total. The van der Waals surface area contributed by atoms with Gasteiger partial charge in [-0.1, -0.05) is 11.6 Å². The van der Waals surface area contributed by atoms with Crippen LogP contribution in [-0.2, 0) is 9.53 Å². The molecule has 0 aliphatic rings. The van der Waals surface area contributed by atoms with Gasteiger partial charge in [0.05, 0.1) is 5.56 Å². The molecule has 122 valence electrons. The SMILES string of the molecule is CC(OC(=O)c1ccc2ncoc2c1)C(=O)Nc1ccc(Cl)cc1. The van der Waals surface area contributed by atoms with E-state index in [1.165, 1.54) is 19.4 Å². The van der Waals surface area contributed by atoms with Gasteiger partial charge in [0.2, 0.25) is 0 Å². The van der Waals surface area contributed by atoms with E-state index in [9.17, 15) is 9.59 Å². The topological polar surface area (TPSA) is 81.4 Å². The van der Waals surface area contributed by atoms with E-state index in [1.54, 1.807) is 36.4 Å². The number of amides is 1. The number of nitrogens with zero attached hydrogens (tertiary/aromatic N) is 1. The smallest absolute Gasteiger partial charge is 0.339 e. The molecule has 6 nitrogen and oxygen atoms in total. The Hall–Kier alpha value is -2.86. The molecule has 0 fully saturated rings. The summed E-state index contributed by atoms with van der Waals surface area (Å²) in [5, 5.41) is 3.21. The van der Waals surface area contributed by atoms with Gasteiger partial charge in [0.25, 0.3) is 5.91 Å². The zero-order valence-electron chi connectivity index (χ0n) is 12.7. The molecule has 1 amide bonds. The highest BCUT2D eigenvalue weighted by Crippen LogP contribution is 2.16. The largest absolute Gasteiger partial charge is 0.449 e. The average Bonchev–Trinajstić information content (AvgIpc) is 3.04. The summed E-state index contributed by atoms with van der Waals surface area (Å²) in [5.74, 6) is -1.06. The van der Waals surface area contributed by atoms with Crippen molar-refractivity contribution in [1.82, 2.24) is 4.98 Å². The van der Waals surface area contributed by atoms with Gasteiger partial charge in [0.15, 0.2) is 18.1 Å². The summed E-state index contributed by atoms with van der Waals surface area (Å²) in [6.07, 6.45) is 0.334. The van der Waals surface area contributed by atoms with E-state index in [0.717, 1.165) is 0 Å². The Kier molecular flexibility index (Phi) is 4.48. The van der Waals surface area contributed by atoms with Gasteiger partial charge in [-0.05, 0) is 49.4 Å². The van der Waals surface area contributed by atoms with Crippen molar-refractivity contribution < 1.29 is 18.7 Å². The van der Waals surface area contributed by atoms with Crippen LogP contribution in [0.4, 0.5) is 5.69 Å². The average molecular weight is 345 g/mol. The molecule has 0 saturated heterocycles. The quantitative estimate of drug-likeness (QED) is 0.730. The molecule has 1 heterocycles. The lowest BCUT2D eigenvalue weighted by atomic mass is 10.2. The van der Waals surface area contributed by atoms with E-state index in [1.807, 2.05) is 0 Å². The van der Waals surface area contributed by atoms with Gasteiger partial charge in [0, 0.05) is 10.7 Å². The molecule has 0 spiro atoms. The standard InChI is InChI=1S/C17H13ClN2O4/c1-10(16(21)20-13-5-3-12(18)4-6-13)24-17(22)11-2-7-14-15(8-11)23-9-19-14/h2-10H,1H3,(H,20,21). The number of rotatable bonds is 4. The normalized spacial score (nSPS) is 11.9. The summed E-state index contributed by atoms with van der Waals surface area (Å²) in [6, 6.07) is 11.4. The van der Waals surface area contributed by atoms with Crippen molar-refractivity contribution in [3.8, 4) is 0 Å². The molecule has 2 aromatic carbocycles. The highest BCUT2D eigenvalue weighted by molar-refractivity contribution is 6.30. The number of aromatic nitrogens is 1. The van der Waals surface area contributed by atoms with E-state index in [-0.39, 0.29) is 5.56 Å². The van der Waals surface area contributed by atoms with Crippen molar-refractivity contribution in [3.05, 3.63) is 59.4 Å². The molecule has 1 aromatic heterocycles. The molecule has 0 radical (unpaired) electrons. The summed E-state index contributed by atoms with van der Waals surface area (Å²) >= 11 is 5.79. The van der Waals surface area contributed by atoms with Crippen LogP contribution in [0.3, 0.4) is 0 Å². The third-order valence-electron chi connectivity index (χ3n) is 3.33. The summed E-state index contributed by atoms with van der Waals surface area (Å²) < 4.78 is 10.3. The van der Waals surface area contributed by atoms with Crippen LogP contribution in [0.25, 0.3) is 11.1 Å². The lowest BCUT2D eigenvalue weighted by Crippen LogP contribution is -2.29. The lowest BCUT2D eigenvalue weighted by Gasteiger charge is -2.13. The summed E-state index contributed by atoms with van der Waals surface area (Å²) in [7, 11) is 0. The van der Waals surface area contributed by atoms with Crippen molar-refractivity contribution in [2.24, 2.45) is 0 Å². The molecule has 0 bridgehead atoms. The second-order valence-corrected chi connectivity index (χ2v) is 5.51. The van der Waals surface area contributed by atoms with E-state index in [0.29, 0.717) is 21.8 Å². The molecular formula is C17H13ClN2O4. The Morgan fingerprint density at radius 2 is 1.96 bits per heavy atom. The molecule has 0 saturated carbocycles. The minimum atomic E-state index is -0.960. The van der Waals surface area contributed by atoms with Crippen LogP contribution in [0.2, 0.25) is 5.02 Å². The predicted octanol–water partition coefficient (Wildman–Crippen LogP) is 3.67. The van der Waals surface area contributed by atoms with Gasteiger partial charge in [-0.15, -0.1) is 0 Å². The maximum absolute atomic E-state index is 12.1. The third kappa shape index (κ3) is 3.55. The molecule has 0 aliphatic carbocycles. The zero-order chi connectivity index (χ0) is 17.1. The Morgan fingerprint density at radius 1 is 1.21 bits per heavy atom. The highest BCUT2D eigenvalue weighted by atomic mass is 35.5. The van der Waals surface area contributed by atoms with Crippen LogP contribution >= 0.6 is 11.6 Å². The molecule has 1 unspecified atom stereocenters. The summed E-state index contributed by atoms with van der Waals surface area (Å²) in [6.45, 7) is 1.50. The molecule has 3 aromatic rings. The predicted molar refractivity (Wildman–Crippen MR) is 89.0 cm³/mol. The number of carbonyl (C=O) groups excluding carboxylic acids is 2. The second-order valence-electron chi connectivity index (χ2n) is 5.08. The van der Waals surface area contributed by atoms with E-state index < -0.39 is 18.0 Å². The Morgan fingerprint density at radius 3 is 2.71 bits per heavy atom. The fourth-order valence-electron chi connectivity index (χ4n) is 2.04. The highest BCUT2D eigenvalue weighted by Gasteiger charge is 2.19. The fourth-order valence-corrected chi connectivity index (χ4v) is 2.17. The number of halogens is 1. The van der Waals surface area contributed by atoms with Crippen molar-refractivity contribution >= 4 is 40.3 Å². The molecule has 7 heteroatoms. The Balaban J connectivity index is 1.64. The van der Waals surface area contributed by atoms with E-state index >= 15 is 0 Å². The molecular weight excluding hydrogens is 332 g/mol. The van der Waals surface area contributed by atoms with Gasteiger partial charge in [0.1, 0.15) is 5.52 Å². The number of hydrogen-bond donors (Lipinski definition) is 1. The maximum atomic E-state index is 12.1. The van der Waals surface area contributed by atoms with Crippen molar-refractivity contribution in [2.75, 3.05) is 5.32 Å². The first-order valence-corrected chi connectivity index (χ1v) is 7.51. The van der Waals surface area contributed by atoms with E-state index in [2.05, 4.69) is 10.3 Å². The molecule has 1 atom stereocenters. The number of nitrogens with one attached hydrogen (secondary N) is 1. The number of benzene rings is 2. The minimum absolute atomic E-state index is 0.283. The van der Waals surface area contributed by atoms with Crippen LogP contribution in [-0.4, -0.2) is 23.0 Å². The first-order chi connectivity index (χ1) is 11.5. The Labute approximate surface area is 142 Å². The van der Waals surface area contributed by atoms with Gasteiger partial charge >= 0.3 is 5.97 Å². The van der Waals surface area contributed by atoms with Crippen molar-refractivity contribution in [2.45, 2.75) is 13.0 Å². The second kappa shape index (κ2) is 6.72. The number of esters is 1. The number of carbonyl (C=O) groups is 2. The van der Waals surface area contributed by atoms with Gasteiger partial charge in [-0.2, -0.15) is 0 Å². The van der Waals surface area contributed by atoms with E-state index in [4.69, 9.17) is 20.8 Å². The van der Waals surface area contributed by atoms with Gasteiger partial charge in [-0.3, -0.25) is 4.79 Å². The maximum Gasteiger partial charge on any atom is 0.339 e. The number of anilines is 1. The van der Waals surface area contributed by atoms with Crippen molar-refractivity contribution in [3.63, 3.8) is 0 Å². The molecule has 0 aliphatic heterocycles. The number of oxazole rings is 1. The van der Waals surface area contributed by atoms with Crippen LogP contribution in [0.5, 0.6) is 0 Å². The number of hydrogen-bond acceptors (Lipinski definition) is 5. The molecule has 24 heavy (non-hydrogen) atoms. The van der Waals surface area contributed by atoms with Crippen LogP contribution in [0.15, 0.2) is 53.3 Å². The summed E-state index contributed by atoms with van der Waals surface area (Å²) in [5.41, 5.74) is 1.96. The monoisotopic (exact) mass is 344 g/mol. The van der Waals surface area contributed by atoms with Crippen molar-refractivity contribution in [1.29, 1.82) is 0 Å². The zero-order valence-corrected chi connectivity index (χ0v) is 13.4. The summed E-state index contributed by atoms with van der Waals surface area (Å²) in [4.78, 5) is 28.2. The minimum Gasteiger partial charge on any atom is -0.449 e. The van der Waals surface area contributed by atoms with Gasteiger partial charge in [-0.25, -0.2) is 9.78 Å². The fraction of sp³-hybridized carbons (Fsp3) is 0.118. The number of ether oxygens (including phenoxy) is 1.